The third kappa shape index (κ3) is 3.74. The van der Waals surface area contributed by atoms with E-state index >= 15 is 0 Å². The van der Waals surface area contributed by atoms with Gasteiger partial charge in [0.15, 0.2) is 11.3 Å². The summed E-state index contributed by atoms with van der Waals surface area (Å²) < 4.78 is 5.58. The van der Waals surface area contributed by atoms with Crippen LogP contribution in [-0.2, 0) is 6.42 Å². The normalized spacial score (nSPS) is 11.9. The Kier molecular flexibility index (Phi) is 5.45. The molecular weight excluding hydrogens is 356 g/mol. The Labute approximate surface area is 162 Å². The minimum absolute atomic E-state index is 0.00138. The topological polar surface area (TPSA) is 90.9 Å². The Morgan fingerprint density at radius 3 is 2.54 bits per heavy atom. The Balaban J connectivity index is 2.05. The largest absolute Gasteiger partial charge is 0.507 e. The summed E-state index contributed by atoms with van der Waals surface area (Å²) in [4.78, 5) is 12.8. The summed E-state index contributed by atoms with van der Waals surface area (Å²) in [5, 5.41) is 31.1. The van der Waals surface area contributed by atoms with Crippen LogP contribution < -0.4 is 5.43 Å². The maximum atomic E-state index is 12.8. The Morgan fingerprint density at radius 2 is 1.82 bits per heavy atom. The third-order valence-electron chi connectivity index (χ3n) is 4.77. The standard InChI is InChI=1S/C23H24O5/c1-13(2)6-4-7-14(3)10-11-15-18(25)12-19-20(21(15)26)22(27)16-8-5-9-17(24)23(16)28-19/h5-6,8-10,12,24-26H,4,7,11H2,1-3H3. The molecule has 0 unspecified atom stereocenters. The molecular formula is C23H24O5. The molecule has 0 saturated heterocycles. The van der Waals surface area contributed by atoms with Gasteiger partial charge >= 0.3 is 0 Å². The van der Waals surface area contributed by atoms with E-state index < -0.39 is 5.43 Å². The summed E-state index contributed by atoms with van der Waals surface area (Å²) in [5.74, 6) is -0.618. The Morgan fingerprint density at radius 1 is 1.07 bits per heavy atom. The predicted octanol–water partition coefficient (Wildman–Crippen LogP) is 5.30. The van der Waals surface area contributed by atoms with Crippen LogP contribution in [0.2, 0.25) is 0 Å². The molecule has 1 heterocycles. The van der Waals surface area contributed by atoms with Crippen LogP contribution in [0.4, 0.5) is 0 Å². The van der Waals surface area contributed by atoms with Crippen molar-refractivity contribution >= 4 is 21.9 Å². The highest BCUT2D eigenvalue weighted by molar-refractivity contribution is 5.96. The van der Waals surface area contributed by atoms with Gasteiger partial charge in [-0.15, -0.1) is 0 Å². The number of para-hydroxylation sites is 1. The molecule has 0 bridgehead atoms. The number of fused-ring (bicyclic) bond motifs is 2. The lowest BCUT2D eigenvalue weighted by Crippen LogP contribution is -2.04. The average molecular weight is 380 g/mol. The van der Waals surface area contributed by atoms with Crippen LogP contribution in [0.5, 0.6) is 17.2 Å². The average Bonchev–Trinajstić information content (AvgIpc) is 2.62. The van der Waals surface area contributed by atoms with Gasteiger partial charge in [0.1, 0.15) is 22.5 Å². The molecule has 3 N–H and O–H groups in total. The molecule has 146 valence electrons. The van der Waals surface area contributed by atoms with Crippen molar-refractivity contribution in [2.24, 2.45) is 0 Å². The van der Waals surface area contributed by atoms with Gasteiger partial charge in [0.05, 0.1) is 5.39 Å². The van der Waals surface area contributed by atoms with Crippen LogP contribution in [-0.4, -0.2) is 15.3 Å². The first-order valence-electron chi connectivity index (χ1n) is 9.21. The molecule has 5 heteroatoms. The van der Waals surface area contributed by atoms with Crippen molar-refractivity contribution < 1.29 is 19.7 Å². The van der Waals surface area contributed by atoms with Crippen LogP contribution in [0.15, 0.2) is 56.8 Å². The highest BCUT2D eigenvalue weighted by Crippen LogP contribution is 2.37. The Bertz CT molecular complexity index is 1160. The first-order chi connectivity index (χ1) is 13.3. The van der Waals surface area contributed by atoms with Gasteiger partial charge in [-0.2, -0.15) is 0 Å². The van der Waals surface area contributed by atoms with E-state index in [1.807, 2.05) is 13.0 Å². The van der Waals surface area contributed by atoms with E-state index in [0.717, 1.165) is 18.4 Å². The number of phenols is 3. The lowest BCUT2D eigenvalue weighted by Gasteiger charge is -2.10. The van der Waals surface area contributed by atoms with Gasteiger partial charge in [-0.05, 0) is 52.2 Å². The maximum absolute atomic E-state index is 12.8. The summed E-state index contributed by atoms with van der Waals surface area (Å²) in [5.41, 5.74) is 2.29. The molecule has 0 saturated carbocycles. The molecule has 1 aromatic heterocycles. The van der Waals surface area contributed by atoms with E-state index in [0.29, 0.717) is 6.42 Å². The number of hydrogen-bond donors (Lipinski definition) is 3. The van der Waals surface area contributed by atoms with Crippen molar-refractivity contribution in [2.75, 3.05) is 0 Å². The zero-order valence-corrected chi connectivity index (χ0v) is 16.2. The maximum Gasteiger partial charge on any atom is 0.204 e. The SMILES string of the molecule is CC(C)=CCCC(C)=CCc1c(O)cc2oc3c(O)cccc3c(=O)c2c1O. The van der Waals surface area contributed by atoms with Crippen LogP contribution >= 0.6 is 0 Å². The van der Waals surface area contributed by atoms with E-state index in [-0.39, 0.29) is 44.8 Å². The van der Waals surface area contributed by atoms with Gasteiger partial charge in [-0.3, -0.25) is 4.79 Å². The highest BCUT2D eigenvalue weighted by Gasteiger charge is 2.19. The first kappa shape index (κ1) is 19.5. The van der Waals surface area contributed by atoms with Crippen molar-refractivity contribution in [3.63, 3.8) is 0 Å². The monoisotopic (exact) mass is 380 g/mol. The van der Waals surface area contributed by atoms with E-state index in [1.54, 1.807) is 0 Å². The molecule has 0 atom stereocenters. The summed E-state index contributed by atoms with van der Waals surface area (Å²) in [6, 6.07) is 5.79. The molecule has 0 radical (unpaired) electrons. The molecule has 2 aromatic carbocycles. The molecule has 0 aliphatic carbocycles. The quantitative estimate of drug-likeness (QED) is 0.413. The molecule has 0 fully saturated rings. The minimum atomic E-state index is -0.449. The zero-order valence-electron chi connectivity index (χ0n) is 16.2. The molecule has 3 rings (SSSR count). The molecule has 0 amide bonds. The molecule has 0 aliphatic rings. The number of phenolic OH excluding ortho intramolecular Hbond substituents is 3. The second kappa shape index (κ2) is 7.80. The van der Waals surface area contributed by atoms with Crippen LogP contribution in [0.1, 0.15) is 39.2 Å². The van der Waals surface area contributed by atoms with Gasteiger partial charge in [0.2, 0.25) is 5.43 Å². The molecule has 0 spiro atoms. The smallest absolute Gasteiger partial charge is 0.204 e. The number of aromatic hydroxyl groups is 3. The van der Waals surface area contributed by atoms with Gasteiger partial charge in [0.25, 0.3) is 0 Å². The molecule has 0 aliphatic heterocycles. The fraction of sp³-hybridized carbons (Fsp3) is 0.261. The van der Waals surface area contributed by atoms with Crippen molar-refractivity contribution in [3.8, 4) is 17.2 Å². The van der Waals surface area contributed by atoms with Crippen LogP contribution in [0.25, 0.3) is 21.9 Å². The second-order valence-electron chi connectivity index (χ2n) is 7.26. The fourth-order valence-corrected chi connectivity index (χ4v) is 3.20. The summed E-state index contributed by atoms with van der Waals surface area (Å²) >= 11 is 0. The predicted molar refractivity (Wildman–Crippen MR) is 111 cm³/mol. The van der Waals surface area contributed by atoms with E-state index in [2.05, 4.69) is 19.9 Å². The number of benzene rings is 2. The third-order valence-corrected chi connectivity index (χ3v) is 4.77. The lowest BCUT2D eigenvalue weighted by molar-refractivity contribution is 0.442. The van der Waals surface area contributed by atoms with Gasteiger partial charge in [0, 0.05) is 11.6 Å². The number of rotatable bonds is 5. The minimum Gasteiger partial charge on any atom is -0.507 e. The zero-order chi connectivity index (χ0) is 20.4. The summed E-state index contributed by atoms with van der Waals surface area (Å²) in [6.45, 7) is 6.11. The fourth-order valence-electron chi connectivity index (χ4n) is 3.20. The van der Waals surface area contributed by atoms with Crippen molar-refractivity contribution in [3.05, 3.63) is 63.4 Å². The van der Waals surface area contributed by atoms with Crippen molar-refractivity contribution in [1.29, 1.82) is 0 Å². The van der Waals surface area contributed by atoms with Gasteiger partial charge < -0.3 is 19.7 Å². The summed E-state index contributed by atoms with van der Waals surface area (Å²) in [6.07, 6.45) is 6.21. The van der Waals surface area contributed by atoms with Gasteiger partial charge in [-0.25, -0.2) is 0 Å². The van der Waals surface area contributed by atoms with E-state index in [4.69, 9.17) is 4.42 Å². The second-order valence-corrected chi connectivity index (χ2v) is 7.26. The molecule has 3 aromatic rings. The van der Waals surface area contributed by atoms with Crippen molar-refractivity contribution in [1.82, 2.24) is 0 Å². The van der Waals surface area contributed by atoms with Crippen LogP contribution in [0.3, 0.4) is 0 Å². The number of hydrogen-bond acceptors (Lipinski definition) is 5. The van der Waals surface area contributed by atoms with E-state index in [9.17, 15) is 20.1 Å². The Hall–Kier alpha value is -3.21. The highest BCUT2D eigenvalue weighted by atomic mass is 16.4. The lowest BCUT2D eigenvalue weighted by atomic mass is 10.0. The first-order valence-corrected chi connectivity index (χ1v) is 9.21. The van der Waals surface area contributed by atoms with Crippen LogP contribution in [0, 0.1) is 0 Å². The van der Waals surface area contributed by atoms with Crippen molar-refractivity contribution in [2.45, 2.75) is 40.0 Å². The number of allylic oxidation sites excluding steroid dienone is 4. The van der Waals surface area contributed by atoms with Gasteiger partial charge in [-0.1, -0.05) is 29.4 Å². The van der Waals surface area contributed by atoms with E-state index in [1.165, 1.54) is 29.8 Å². The molecule has 28 heavy (non-hydrogen) atoms. The summed E-state index contributed by atoms with van der Waals surface area (Å²) in [7, 11) is 0. The molecule has 5 nitrogen and oxygen atoms in total.